The molecule has 0 spiro atoms. The summed E-state index contributed by atoms with van der Waals surface area (Å²) in [4.78, 5) is 19.2. The molecule has 2 atom stereocenters. The summed E-state index contributed by atoms with van der Waals surface area (Å²) in [6, 6.07) is 14.9. The van der Waals surface area contributed by atoms with Crippen LogP contribution in [0.1, 0.15) is 26.5 Å². The molecule has 4 aromatic rings. The fourth-order valence-corrected chi connectivity index (χ4v) is 4.11. The van der Waals surface area contributed by atoms with E-state index in [1.807, 2.05) is 60.1 Å². The zero-order chi connectivity index (χ0) is 26.2. The topological polar surface area (TPSA) is 98.2 Å². The Labute approximate surface area is 216 Å². The summed E-state index contributed by atoms with van der Waals surface area (Å²) in [5, 5.41) is 10.2. The van der Waals surface area contributed by atoms with Gasteiger partial charge in [-0.25, -0.2) is 9.78 Å². The third-order valence-corrected chi connectivity index (χ3v) is 6.40. The molecule has 2 fully saturated rings. The molecule has 4 heterocycles. The number of rotatable bonds is 4. The van der Waals surface area contributed by atoms with Crippen LogP contribution in [0.4, 0.5) is 16.3 Å². The number of aryl methyl sites for hydroxylation is 1. The van der Waals surface area contributed by atoms with Gasteiger partial charge in [-0.1, -0.05) is 20.8 Å². The Kier molecular flexibility index (Phi) is 6.61. The standard InChI is InChI=1S/C23H26N6O2.C4H7NO/c1-23(2,3)20-13-21(28(4)27-20)26-22(30)25-15-6-8-16(9-7-15)29-14-24-18-12-17(31-5)10-11-19(18)29;1-2-6-4-3-5(1)4/h6-14H,1-5H3,(H2,25,26,30);4H,1-3H2. The number of nitrogens with one attached hydrogen (secondary N) is 2. The molecule has 0 bridgehead atoms. The second-order valence-corrected chi connectivity index (χ2v) is 10.2. The minimum atomic E-state index is -0.323. The molecule has 10 heteroatoms. The average molecular weight is 504 g/mol. The van der Waals surface area contributed by atoms with Gasteiger partial charge in [-0.15, -0.1) is 0 Å². The predicted octanol–water partition coefficient (Wildman–Crippen LogP) is 4.37. The summed E-state index contributed by atoms with van der Waals surface area (Å²) in [5.74, 6) is 1.41. The maximum Gasteiger partial charge on any atom is 0.324 e. The second kappa shape index (κ2) is 9.87. The Hall–Kier alpha value is -3.89. The van der Waals surface area contributed by atoms with Gasteiger partial charge in [0.2, 0.25) is 0 Å². The van der Waals surface area contributed by atoms with E-state index in [2.05, 4.69) is 46.4 Å². The van der Waals surface area contributed by atoms with Crippen LogP contribution in [0.3, 0.4) is 0 Å². The summed E-state index contributed by atoms with van der Waals surface area (Å²) in [5.41, 5.74) is 4.29. The molecule has 2 aliphatic rings. The zero-order valence-corrected chi connectivity index (χ0v) is 21.9. The Morgan fingerprint density at radius 3 is 2.46 bits per heavy atom. The number of ether oxygens (including phenoxy) is 2. The maximum absolute atomic E-state index is 12.5. The normalized spacial score (nSPS) is 18.1. The van der Waals surface area contributed by atoms with E-state index in [1.54, 1.807) is 18.1 Å². The van der Waals surface area contributed by atoms with Crippen LogP contribution in [-0.4, -0.2) is 63.3 Å². The number of amides is 2. The van der Waals surface area contributed by atoms with Crippen molar-refractivity contribution >= 4 is 28.6 Å². The molecule has 0 radical (unpaired) electrons. The molecule has 0 saturated carbocycles. The van der Waals surface area contributed by atoms with Crippen molar-refractivity contribution in [2.45, 2.75) is 32.4 Å². The molecule has 2 amide bonds. The number of carbonyl (C=O) groups is 1. The van der Waals surface area contributed by atoms with Crippen LogP contribution in [0.25, 0.3) is 16.7 Å². The summed E-state index contributed by atoms with van der Waals surface area (Å²) in [6.07, 6.45) is 2.32. The Morgan fingerprint density at radius 1 is 1.11 bits per heavy atom. The SMILES string of the molecule is C1CN2CC2O1.COc1ccc2c(c1)ncn2-c1ccc(NC(=O)Nc2cc(C(C)(C)C)nn2C)cc1. The molecular formula is C27H33N7O3. The largest absolute Gasteiger partial charge is 0.497 e. The van der Waals surface area contributed by atoms with Gasteiger partial charge in [-0.2, -0.15) is 5.10 Å². The zero-order valence-electron chi connectivity index (χ0n) is 21.9. The first-order valence-electron chi connectivity index (χ1n) is 12.3. The summed E-state index contributed by atoms with van der Waals surface area (Å²) in [6.45, 7) is 9.58. The molecule has 2 saturated heterocycles. The first kappa shape index (κ1) is 24.8. The summed E-state index contributed by atoms with van der Waals surface area (Å²) in [7, 11) is 3.45. The number of benzene rings is 2. The van der Waals surface area contributed by atoms with Crippen molar-refractivity contribution in [3.63, 3.8) is 0 Å². The molecule has 0 aliphatic carbocycles. The lowest BCUT2D eigenvalue weighted by molar-refractivity contribution is 0.159. The van der Waals surface area contributed by atoms with Gasteiger partial charge in [0.05, 0.1) is 30.4 Å². The van der Waals surface area contributed by atoms with Gasteiger partial charge in [-0.3, -0.25) is 19.5 Å². The van der Waals surface area contributed by atoms with E-state index in [0.29, 0.717) is 17.7 Å². The number of anilines is 2. The fourth-order valence-electron chi connectivity index (χ4n) is 4.11. The lowest BCUT2D eigenvalue weighted by Crippen LogP contribution is -2.21. The van der Waals surface area contributed by atoms with Gasteiger partial charge in [0.15, 0.2) is 0 Å². The van der Waals surface area contributed by atoms with Gasteiger partial charge in [-0.05, 0) is 36.4 Å². The number of imidazole rings is 1. The first-order valence-corrected chi connectivity index (χ1v) is 12.3. The van der Waals surface area contributed by atoms with E-state index in [0.717, 1.165) is 34.8 Å². The molecule has 2 N–H and O–H groups in total. The minimum absolute atomic E-state index is 0.0907. The molecule has 2 aromatic carbocycles. The molecule has 2 unspecified atom stereocenters. The van der Waals surface area contributed by atoms with Gasteiger partial charge in [0.25, 0.3) is 0 Å². The molecule has 6 rings (SSSR count). The summed E-state index contributed by atoms with van der Waals surface area (Å²) < 4.78 is 14.1. The molecule has 2 aliphatic heterocycles. The number of hydrogen-bond acceptors (Lipinski definition) is 6. The molecular weight excluding hydrogens is 470 g/mol. The van der Waals surface area contributed by atoms with Crippen LogP contribution in [0.2, 0.25) is 0 Å². The highest BCUT2D eigenvalue weighted by Gasteiger charge is 2.39. The van der Waals surface area contributed by atoms with E-state index < -0.39 is 0 Å². The van der Waals surface area contributed by atoms with Crippen molar-refractivity contribution in [3.05, 3.63) is 60.6 Å². The smallest absolute Gasteiger partial charge is 0.324 e. The van der Waals surface area contributed by atoms with Crippen molar-refractivity contribution in [1.82, 2.24) is 24.2 Å². The van der Waals surface area contributed by atoms with E-state index in [1.165, 1.54) is 13.1 Å². The van der Waals surface area contributed by atoms with E-state index in [4.69, 9.17) is 9.47 Å². The Balaban J connectivity index is 0.000000403. The van der Waals surface area contributed by atoms with Gasteiger partial charge < -0.3 is 14.8 Å². The van der Waals surface area contributed by atoms with Crippen LogP contribution in [-0.2, 0) is 17.2 Å². The lowest BCUT2D eigenvalue weighted by Gasteiger charge is -2.13. The third-order valence-electron chi connectivity index (χ3n) is 6.40. The second-order valence-electron chi connectivity index (χ2n) is 10.2. The van der Waals surface area contributed by atoms with Crippen LogP contribution >= 0.6 is 0 Å². The van der Waals surface area contributed by atoms with Crippen LogP contribution in [0.5, 0.6) is 5.75 Å². The molecule has 2 aromatic heterocycles. The quantitative estimate of drug-likeness (QED) is 0.402. The number of carbonyl (C=O) groups excluding carboxylic acids is 1. The first-order chi connectivity index (χ1) is 17.7. The highest BCUT2D eigenvalue weighted by atomic mass is 16.5. The van der Waals surface area contributed by atoms with Gasteiger partial charge in [0, 0.05) is 49.1 Å². The van der Waals surface area contributed by atoms with E-state index in [9.17, 15) is 4.79 Å². The Bertz CT molecular complexity index is 1390. The van der Waals surface area contributed by atoms with Crippen LogP contribution in [0, 0.1) is 0 Å². The van der Waals surface area contributed by atoms with Crippen LogP contribution in [0.15, 0.2) is 54.9 Å². The van der Waals surface area contributed by atoms with Crippen molar-refractivity contribution in [2.75, 3.05) is 37.4 Å². The molecule has 37 heavy (non-hydrogen) atoms. The number of morpholine rings is 1. The highest BCUT2D eigenvalue weighted by Crippen LogP contribution is 2.25. The van der Waals surface area contributed by atoms with Crippen molar-refractivity contribution in [2.24, 2.45) is 7.05 Å². The highest BCUT2D eigenvalue weighted by molar-refractivity contribution is 5.99. The number of hydrogen-bond donors (Lipinski definition) is 2. The van der Waals surface area contributed by atoms with E-state index >= 15 is 0 Å². The molecule has 10 nitrogen and oxygen atoms in total. The van der Waals surface area contributed by atoms with Crippen molar-refractivity contribution in [1.29, 1.82) is 0 Å². The van der Waals surface area contributed by atoms with Crippen molar-refractivity contribution < 1.29 is 14.3 Å². The predicted molar refractivity (Wildman–Crippen MR) is 143 cm³/mol. The molecule has 194 valence electrons. The Morgan fingerprint density at radius 2 is 1.89 bits per heavy atom. The van der Waals surface area contributed by atoms with Crippen LogP contribution < -0.4 is 15.4 Å². The number of nitrogens with zero attached hydrogens (tertiary/aromatic N) is 5. The monoisotopic (exact) mass is 503 g/mol. The third kappa shape index (κ3) is 5.60. The number of aromatic nitrogens is 4. The maximum atomic E-state index is 12.5. The van der Waals surface area contributed by atoms with Gasteiger partial charge in [0.1, 0.15) is 24.1 Å². The number of methoxy groups -OCH3 is 1. The fraction of sp³-hybridized carbons (Fsp3) is 0.370. The minimum Gasteiger partial charge on any atom is -0.497 e. The number of urea groups is 1. The lowest BCUT2D eigenvalue weighted by atomic mass is 9.92. The number of fused-ring (bicyclic) bond motifs is 2. The average Bonchev–Trinajstić information content (AvgIpc) is 3.19. The summed E-state index contributed by atoms with van der Waals surface area (Å²) >= 11 is 0. The van der Waals surface area contributed by atoms with E-state index in [-0.39, 0.29) is 11.4 Å². The van der Waals surface area contributed by atoms with Gasteiger partial charge >= 0.3 is 6.03 Å². The van der Waals surface area contributed by atoms with Crippen molar-refractivity contribution in [3.8, 4) is 11.4 Å².